The summed E-state index contributed by atoms with van der Waals surface area (Å²) in [5.74, 6) is -0.234. The second kappa shape index (κ2) is 3.93. The van der Waals surface area contributed by atoms with E-state index in [0.717, 1.165) is 0 Å². The largest absolute Gasteiger partial charge is 0.502 e. The van der Waals surface area contributed by atoms with Crippen molar-refractivity contribution in [3.05, 3.63) is 11.5 Å². The van der Waals surface area contributed by atoms with E-state index in [2.05, 4.69) is 4.74 Å². The molecule has 3 heteroatoms. The molecule has 1 aliphatic heterocycles. The Morgan fingerprint density at radius 2 is 2.00 bits per heavy atom. The highest BCUT2D eigenvalue weighted by atomic mass is 16.5. The van der Waals surface area contributed by atoms with Crippen molar-refractivity contribution >= 4 is 5.78 Å². The topological polar surface area (TPSA) is 46.5 Å². The van der Waals surface area contributed by atoms with Gasteiger partial charge < -0.3 is 9.84 Å². The average Bonchev–Trinajstić information content (AvgIpc) is 2.25. The van der Waals surface area contributed by atoms with E-state index in [-0.39, 0.29) is 18.1 Å². The summed E-state index contributed by atoms with van der Waals surface area (Å²) in [6, 6.07) is 0. The van der Waals surface area contributed by atoms with Crippen LogP contribution < -0.4 is 0 Å². The normalized spacial score (nSPS) is 16.1. The predicted octanol–water partition coefficient (Wildman–Crippen LogP) is 1.40. The quantitative estimate of drug-likeness (QED) is 0.559. The Hall–Kier alpha value is -0.990. The molecule has 0 saturated carbocycles. The van der Waals surface area contributed by atoms with Gasteiger partial charge in [-0.2, -0.15) is 0 Å². The molecule has 0 saturated heterocycles. The van der Waals surface area contributed by atoms with Gasteiger partial charge in [-0.3, -0.25) is 4.79 Å². The minimum atomic E-state index is -0.331. The molecule has 0 unspecified atom stereocenters. The van der Waals surface area contributed by atoms with E-state index in [9.17, 15) is 4.79 Å². The van der Waals surface area contributed by atoms with Crippen LogP contribution in [0.5, 0.6) is 0 Å². The lowest BCUT2D eigenvalue weighted by molar-refractivity contribution is -0.118. The lowest BCUT2D eigenvalue weighted by Crippen LogP contribution is -1.99. The summed E-state index contributed by atoms with van der Waals surface area (Å²) in [5.41, 5.74) is 0. The molecule has 58 valence electrons. The molecule has 1 heterocycles. The van der Waals surface area contributed by atoms with Crippen LogP contribution in [0.15, 0.2) is 11.5 Å². The molecule has 0 fully saturated rings. The van der Waals surface area contributed by atoms with Gasteiger partial charge in [0.25, 0.3) is 0 Å². The van der Waals surface area contributed by atoms with Crippen molar-refractivity contribution in [2.24, 2.45) is 0 Å². The zero-order chi connectivity index (χ0) is 8.15. The highest BCUT2D eigenvalue weighted by Gasteiger charge is 2.19. The number of hydrogen-bond donors (Lipinski definition) is 1. The zero-order valence-electron chi connectivity index (χ0n) is 6.47. The standard InChI is InChI=1S/C5H6O3.C2H6/c1-3-5(7)4(6)2-8-3;1-2/h7H,2H2,1H3;1-2H3. The van der Waals surface area contributed by atoms with Gasteiger partial charge >= 0.3 is 0 Å². The van der Waals surface area contributed by atoms with Crippen molar-refractivity contribution in [2.75, 3.05) is 6.61 Å². The minimum Gasteiger partial charge on any atom is -0.502 e. The molecule has 0 radical (unpaired) electrons. The number of carbonyl (C=O) groups excluding carboxylic acids is 1. The summed E-state index contributed by atoms with van der Waals surface area (Å²) in [4.78, 5) is 10.4. The van der Waals surface area contributed by atoms with E-state index in [4.69, 9.17) is 5.11 Å². The molecule has 0 aromatic carbocycles. The van der Waals surface area contributed by atoms with Gasteiger partial charge in [0, 0.05) is 0 Å². The highest BCUT2D eigenvalue weighted by molar-refractivity contribution is 5.96. The third-order valence-electron chi connectivity index (χ3n) is 1.02. The van der Waals surface area contributed by atoms with Gasteiger partial charge in [0.1, 0.15) is 5.76 Å². The summed E-state index contributed by atoms with van der Waals surface area (Å²) in [6.45, 7) is 5.55. The summed E-state index contributed by atoms with van der Waals surface area (Å²) < 4.78 is 4.66. The fourth-order valence-corrected chi connectivity index (χ4v) is 0.507. The number of aliphatic hydroxyl groups is 1. The molecule has 0 aromatic rings. The van der Waals surface area contributed by atoms with E-state index in [1.807, 2.05) is 13.8 Å². The first-order valence-corrected chi connectivity index (χ1v) is 3.27. The molecular weight excluding hydrogens is 132 g/mol. The van der Waals surface area contributed by atoms with E-state index in [1.165, 1.54) is 0 Å². The van der Waals surface area contributed by atoms with Crippen molar-refractivity contribution < 1.29 is 14.6 Å². The van der Waals surface area contributed by atoms with Gasteiger partial charge in [0.2, 0.25) is 11.5 Å². The Labute approximate surface area is 60.3 Å². The number of allylic oxidation sites excluding steroid dienone is 1. The van der Waals surface area contributed by atoms with Crippen LogP contribution in [0.25, 0.3) is 0 Å². The smallest absolute Gasteiger partial charge is 0.237 e. The number of Topliss-reactive ketones (excluding diaryl/α,β-unsaturated/α-hetero) is 1. The fraction of sp³-hybridized carbons (Fsp3) is 0.571. The van der Waals surface area contributed by atoms with Gasteiger partial charge in [0.15, 0.2) is 6.61 Å². The first-order valence-electron chi connectivity index (χ1n) is 3.27. The van der Waals surface area contributed by atoms with Gasteiger partial charge in [-0.25, -0.2) is 0 Å². The Morgan fingerprint density at radius 1 is 1.50 bits per heavy atom. The number of ether oxygens (including phenoxy) is 1. The Balaban J connectivity index is 0.000000371. The third-order valence-corrected chi connectivity index (χ3v) is 1.02. The predicted molar refractivity (Wildman–Crippen MR) is 37.6 cm³/mol. The number of hydrogen-bond acceptors (Lipinski definition) is 3. The van der Waals surface area contributed by atoms with Crippen LogP contribution in [-0.2, 0) is 9.53 Å². The molecule has 0 bridgehead atoms. The Bertz CT molecular complexity index is 158. The number of rotatable bonds is 0. The molecule has 1 N–H and O–H groups in total. The number of ketones is 1. The zero-order valence-corrected chi connectivity index (χ0v) is 6.47. The maximum absolute atomic E-state index is 10.4. The first kappa shape index (κ1) is 9.01. The van der Waals surface area contributed by atoms with Crippen LogP contribution in [0.2, 0.25) is 0 Å². The second-order valence-corrected chi connectivity index (χ2v) is 1.62. The van der Waals surface area contributed by atoms with Crippen LogP contribution in [0.1, 0.15) is 20.8 Å². The molecular formula is C7H12O3. The molecule has 0 aliphatic carbocycles. The van der Waals surface area contributed by atoms with Gasteiger partial charge in [-0.1, -0.05) is 13.8 Å². The van der Waals surface area contributed by atoms with Gasteiger partial charge in [-0.05, 0) is 6.92 Å². The summed E-state index contributed by atoms with van der Waals surface area (Å²) in [6.07, 6.45) is 0. The SMILES string of the molecule is CC.CC1=C(O)C(=O)CO1. The number of aliphatic hydroxyl groups excluding tert-OH is 1. The van der Waals surface area contributed by atoms with Crippen molar-refractivity contribution in [1.29, 1.82) is 0 Å². The van der Waals surface area contributed by atoms with E-state index in [1.54, 1.807) is 6.92 Å². The maximum atomic E-state index is 10.4. The van der Waals surface area contributed by atoms with Gasteiger partial charge in [-0.15, -0.1) is 0 Å². The minimum absolute atomic E-state index is 0.00231. The molecule has 0 amide bonds. The molecule has 3 nitrogen and oxygen atoms in total. The lowest BCUT2D eigenvalue weighted by Gasteiger charge is -1.88. The van der Waals surface area contributed by atoms with E-state index >= 15 is 0 Å². The third kappa shape index (κ3) is 1.76. The van der Waals surface area contributed by atoms with E-state index < -0.39 is 0 Å². The fourth-order valence-electron chi connectivity index (χ4n) is 0.507. The first-order chi connectivity index (χ1) is 4.72. The Morgan fingerprint density at radius 3 is 2.10 bits per heavy atom. The van der Waals surface area contributed by atoms with E-state index in [0.29, 0.717) is 5.76 Å². The van der Waals surface area contributed by atoms with Crippen LogP contribution in [-0.4, -0.2) is 17.5 Å². The molecule has 1 aliphatic rings. The highest BCUT2D eigenvalue weighted by Crippen LogP contribution is 2.10. The van der Waals surface area contributed by atoms with Crippen LogP contribution in [0.4, 0.5) is 0 Å². The maximum Gasteiger partial charge on any atom is 0.237 e. The molecule has 1 rings (SSSR count). The molecule has 10 heavy (non-hydrogen) atoms. The lowest BCUT2D eigenvalue weighted by atomic mass is 10.3. The summed E-state index contributed by atoms with van der Waals surface area (Å²) in [7, 11) is 0. The second-order valence-electron chi connectivity index (χ2n) is 1.62. The monoisotopic (exact) mass is 144 g/mol. The van der Waals surface area contributed by atoms with Crippen LogP contribution >= 0.6 is 0 Å². The summed E-state index contributed by atoms with van der Waals surface area (Å²) in [5, 5.41) is 8.67. The van der Waals surface area contributed by atoms with Crippen molar-refractivity contribution in [1.82, 2.24) is 0 Å². The van der Waals surface area contributed by atoms with Crippen LogP contribution in [0.3, 0.4) is 0 Å². The summed E-state index contributed by atoms with van der Waals surface area (Å²) >= 11 is 0. The van der Waals surface area contributed by atoms with Crippen molar-refractivity contribution in [2.45, 2.75) is 20.8 Å². The van der Waals surface area contributed by atoms with Crippen molar-refractivity contribution in [3.63, 3.8) is 0 Å². The average molecular weight is 144 g/mol. The number of carbonyl (C=O) groups is 1. The molecule has 0 spiro atoms. The van der Waals surface area contributed by atoms with Crippen molar-refractivity contribution in [3.8, 4) is 0 Å². The Kier molecular flexibility index (Phi) is 3.54. The van der Waals surface area contributed by atoms with Crippen LogP contribution in [0, 0.1) is 0 Å². The molecule has 0 atom stereocenters. The van der Waals surface area contributed by atoms with Gasteiger partial charge in [0.05, 0.1) is 0 Å². The molecule has 0 aromatic heterocycles.